The van der Waals surface area contributed by atoms with E-state index < -0.39 is 5.60 Å². The molecule has 16 heavy (non-hydrogen) atoms. The van der Waals surface area contributed by atoms with Crippen molar-refractivity contribution >= 4 is 27.3 Å². The second kappa shape index (κ2) is 4.77. The number of nitrogens with zero attached hydrogens (tertiary/aromatic N) is 1. The molecule has 2 atom stereocenters. The van der Waals surface area contributed by atoms with Crippen LogP contribution in [-0.2, 0) is 6.42 Å². The fourth-order valence-corrected chi connectivity index (χ4v) is 3.95. The highest BCUT2D eigenvalue weighted by molar-refractivity contribution is 9.10. The van der Waals surface area contributed by atoms with Crippen LogP contribution in [0, 0.1) is 0 Å². The van der Waals surface area contributed by atoms with Gasteiger partial charge in [0.2, 0.25) is 0 Å². The zero-order valence-corrected chi connectivity index (χ0v) is 12.1. The molecule has 0 bridgehead atoms. The summed E-state index contributed by atoms with van der Waals surface area (Å²) in [5, 5.41) is 12.7. The Labute approximate surface area is 109 Å². The molecule has 90 valence electrons. The topological polar surface area (TPSA) is 23.5 Å². The van der Waals surface area contributed by atoms with Crippen LogP contribution in [0.4, 0.5) is 0 Å². The van der Waals surface area contributed by atoms with E-state index in [2.05, 4.69) is 46.2 Å². The van der Waals surface area contributed by atoms with Gasteiger partial charge in [-0.3, -0.25) is 0 Å². The largest absolute Gasteiger partial charge is 0.389 e. The molecular weight excluding hydrogens is 286 g/mol. The summed E-state index contributed by atoms with van der Waals surface area (Å²) in [6, 6.07) is 2.53. The minimum Gasteiger partial charge on any atom is -0.389 e. The van der Waals surface area contributed by atoms with E-state index in [1.54, 1.807) is 11.3 Å². The molecule has 1 aliphatic rings. The van der Waals surface area contributed by atoms with Crippen molar-refractivity contribution in [3.8, 4) is 0 Å². The normalized spacial score (nSPS) is 31.9. The second-order valence-corrected chi connectivity index (χ2v) is 6.73. The van der Waals surface area contributed by atoms with Crippen LogP contribution in [-0.4, -0.2) is 35.2 Å². The lowest BCUT2D eigenvalue weighted by molar-refractivity contribution is -0.0349. The molecule has 2 nitrogen and oxygen atoms in total. The molecule has 2 heterocycles. The molecule has 0 spiro atoms. The van der Waals surface area contributed by atoms with Crippen LogP contribution in [0.2, 0.25) is 0 Å². The first-order valence-electron chi connectivity index (χ1n) is 5.65. The lowest BCUT2D eigenvalue weighted by Crippen LogP contribution is -2.48. The van der Waals surface area contributed by atoms with E-state index in [-0.39, 0.29) is 0 Å². The van der Waals surface area contributed by atoms with Crippen LogP contribution in [0.25, 0.3) is 0 Å². The molecule has 1 N–H and O–H groups in total. The summed E-state index contributed by atoms with van der Waals surface area (Å²) >= 11 is 5.26. The SMILES string of the molecule is CC1CC(O)(Cc2sccc2Br)CCN1C. The highest BCUT2D eigenvalue weighted by atomic mass is 79.9. The van der Waals surface area contributed by atoms with Gasteiger partial charge in [-0.05, 0) is 54.2 Å². The van der Waals surface area contributed by atoms with Crippen LogP contribution in [0.1, 0.15) is 24.6 Å². The lowest BCUT2D eigenvalue weighted by Gasteiger charge is -2.41. The fourth-order valence-electron chi connectivity index (χ4n) is 2.32. The van der Waals surface area contributed by atoms with Gasteiger partial charge in [0, 0.05) is 28.4 Å². The van der Waals surface area contributed by atoms with E-state index in [0.717, 1.165) is 30.3 Å². The van der Waals surface area contributed by atoms with Gasteiger partial charge in [0.05, 0.1) is 5.60 Å². The molecule has 1 aromatic heterocycles. The van der Waals surface area contributed by atoms with Crippen molar-refractivity contribution in [1.82, 2.24) is 4.90 Å². The monoisotopic (exact) mass is 303 g/mol. The zero-order valence-electron chi connectivity index (χ0n) is 9.74. The van der Waals surface area contributed by atoms with Crippen molar-refractivity contribution in [2.45, 2.75) is 37.8 Å². The van der Waals surface area contributed by atoms with Gasteiger partial charge in [0.15, 0.2) is 0 Å². The number of piperidine rings is 1. The van der Waals surface area contributed by atoms with E-state index in [0.29, 0.717) is 6.04 Å². The predicted molar refractivity (Wildman–Crippen MR) is 72.0 cm³/mol. The van der Waals surface area contributed by atoms with Crippen molar-refractivity contribution in [1.29, 1.82) is 0 Å². The summed E-state index contributed by atoms with van der Waals surface area (Å²) in [6.07, 6.45) is 2.52. The highest BCUT2D eigenvalue weighted by Gasteiger charge is 2.35. The third-order valence-corrected chi connectivity index (χ3v) is 5.46. The summed E-state index contributed by atoms with van der Waals surface area (Å²) < 4.78 is 1.14. The molecule has 1 saturated heterocycles. The molecule has 2 rings (SSSR count). The van der Waals surface area contributed by atoms with E-state index in [9.17, 15) is 5.11 Å². The molecule has 1 aliphatic heterocycles. The van der Waals surface area contributed by atoms with Crippen molar-refractivity contribution in [3.63, 3.8) is 0 Å². The van der Waals surface area contributed by atoms with Gasteiger partial charge >= 0.3 is 0 Å². The molecule has 0 amide bonds. The first-order chi connectivity index (χ1) is 7.50. The van der Waals surface area contributed by atoms with Crippen LogP contribution >= 0.6 is 27.3 Å². The molecule has 4 heteroatoms. The van der Waals surface area contributed by atoms with E-state index >= 15 is 0 Å². The molecule has 0 saturated carbocycles. The van der Waals surface area contributed by atoms with Gasteiger partial charge in [-0.1, -0.05) is 0 Å². The van der Waals surface area contributed by atoms with Crippen molar-refractivity contribution in [3.05, 3.63) is 20.8 Å². The van der Waals surface area contributed by atoms with Gasteiger partial charge in [-0.25, -0.2) is 0 Å². The molecule has 1 aromatic rings. The number of hydrogen-bond donors (Lipinski definition) is 1. The van der Waals surface area contributed by atoms with Gasteiger partial charge in [-0.15, -0.1) is 11.3 Å². The molecule has 2 unspecified atom stereocenters. The van der Waals surface area contributed by atoms with Gasteiger partial charge in [-0.2, -0.15) is 0 Å². The summed E-state index contributed by atoms with van der Waals surface area (Å²) in [5.74, 6) is 0. The molecular formula is C12H18BrNOS. The van der Waals surface area contributed by atoms with E-state index in [1.807, 2.05) is 0 Å². The van der Waals surface area contributed by atoms with Crippen LogP contribution in [0.15, 0.2) is 15.9 Å². The second-order valence-electron chi connectivity index (χ2n) is 4.88. The minimum atomic E-state index is -0.515. The number of rotatable bonds is 2. The number of aliphatic hydroxyl groups is 1. The Bertz CT molecular complexity index is 368. The number of thiophene rings is 1. The van der Waals surface area contributed by atoms with Crippen LogP contribution in [0.3, 0.4) is 0 Å². The first kappa shape index (κ1) is 12.6. The Hall–Kier alpha value is 0.1000. The minimum absolute atomic E-state index is 0.470. The lowest BCUT2D eigenvalue weighted by atomic mass is 9.84. The Morgan fingerprint density at radius 3 is 3.00 bits per heavy atom. The van der Waals surface area contributed by atoms with Crippen molar-refractivity contribution < 1.29 is 5.11 Å². The highest BCUT2D eigenvalue weighted by Crippen LogP contribution is 2.33. The fraction of sp³-hybridized carbons (Fsp3) is 0.667. The molecule has 0 aliphatic carbocycles. The van der Waals surface area contributed by atoms with Crippen LogP contribution < -0.4 is 0 Å². The van der Waals surface area contributed by atoms with Gasteiger partial charge in [0.25, 0.3) is 0 Å². The number of likely N-dealkylation sites (tertiary alicyclic amines) is 1. The Kier molecular flexibility index (Phi) is 3.74. The summed E-state index contributed by atoms with van der Waals surface area (Å²) in [4.78, 5) is 3.58. The number of halogens is 1. The van der Waals surface area contributed by atoms with Gasteiger partial charge < -0.3 is 10.0 Å². The van der Waals surface area contributed by atoms with Crippen LogP contribution in [0.5, 0.6) is 0 Å². The van der Waals surface area contributed by atoms with Crippen molar-refractivity contribution in [2.24, 2.45) is 0 Å². The quantitative estimate of drug-likeness (QED) is 0.908. The predicted octanol–water partition coefficient (Wildman–Crippen LogP) is 2.90. The standard InChI is InChI=1S/C12H18BrNOS/c1-9-7-12(15,4-5-14(9)2)8-11-10(13)3-6-16-11/h3,6,9,15H,4-5,7-8H2,1-2H3. The average molecular weight is 304 g/mol. The number of hydrogen-bond acceptors (Lipinski definition) is 3. The molecule has 0 radical (unpaired) electrons. The molecule has 1 fully saturated rings. The third kappa shape index (κ3) is 2.67. The zero-order chi connectivity index (χ0) is 11.8. The Morgan fingerprint density at radius 1 is 1.69 bits per heavy atom. The van der Waals surface area contributed by atoms with Gasteiger partial charge in [0.1, 0.15) is 0 Å². The Morgan fingerprint density at radius 2 is 2.44 bits per heavy atom. The smallest absolute Gasteiger partial charge is 0.0723 e. The summed E-state index contributed by atoms with van der Waals surface area (Å²) in [5.41, 5.74) is -0.515. The maximum atomic E-state index is 10.6. The van der Waals surface area contributed by atoms with Crippen molar-refractivity contribution in [2.75, 3.05) is 13.6 Å². The third-order valence-electron chi connectivity index (χ3n) is 3.54. The average Bonchev–Trinajstić information content (AvgIpc) is 2.59. The maximum absolute atomic E-state index is 10.6. The summed E-state index contributed by atoms with van der Waals surface area (Å²) in [7, 11) is 2.13. The first-order valence-corrected chi connectivity index (χ1v) is 7.32. The maximum Gasteiger partial charge on any atom is 0.0723 e. The molecule has 0 aromatic carbocycles. The Balaban J connectivity index is 2.06. The van der Waals surface area contributed by atoms with E-state index in [4.69, 9.17) is 0 Å². The van der Waals surface area contributed by atoms with E-state index in [1.165, 1.54) is 4.88 Å². The summed E-state index contributed by atoms with van der Waals surface area (Å²) in [6.45, 7) is 3.17.